The van der Waals surface area contributed by atoms with Crippen LogP contribution in [-0.2, 0) is 12.5 Å². The quantitative estimate of drug-likeness (QED) is 0.679. The minimum absolute atomic E-state index is 0.0564. The fourth-order valence-electron chi connectivity index (χ4n) is 1.96. The average molecular weight is 224 g/mol. The van der Waals surface area contributed by atoms with Gasteiger partial charge in [-0.2, -0.15) is 0 Å². The van der Waals surface area contributed by atoms with Crippen LogP contribution in [0.3, 0.4) is 0 Å². The molecule has 3 heteroatoms. The van der Waals surface area contributed by atoms with Crippen molar-refractivity contribution in [2.75, 3.05) is 0 Å². The zero-order chi connectivity index (χ0) is 12.6. The first-order valence-electron chi connectivity index (χ1n) is 5.77. The summed E-state index contributed by atoms with van der Waals surface area (Å²) >= 11 is 0. The van der Waals surface area contributed by atoms with Crippen molar-refractivity contribution in [3.63, 3.8) is 0 Å². The summed E-state index contributed by atoms with van der Waals surface area (Å²) in [6, 6.07) is 7.82. The lowest BCUT2D eigenvalue weighted by atomic mass is 9.95. The third kappa shape index (κ3) is 2.43. The van der Waals surface area contributed by atoms with E-state index >= 15 is 0 Å². The monoisotopic (exact) mass is 224 g/mol. The molecule has 1 aromatic carbocycles. The fourth-order valence-corrected chi connectivity index (χ4v) is 1.96. The summed E-state index contributed by atoms with van der Waals surface area (Å²) in [5.74, 6) is 1.09. The summed E-state index contributed by atoms with van der Waals surface area (Å²) in [5.41, 5.74) is 2.93. The third-order valence-corrected chi connectivity index (χ3v) is 2.75. The number of rotatable bonds is 1. The summed E-state index contributed by atoms with van der Waals surface area (Å²) < 4.78 is 2.09. The highest BCUT2D eigenvalue weighted by Crippen LogP contribution is 2.24. The summed E-state index contributed by atoms with van der Waals surface area (Å²) in [5, 5.41) is 0. The first-order chi connectivity index (χ1) is 7.88. The first-order valence-corrected chi connectivity index (χ1v) is 5.77. The minimum Gasteiger partial charge on any atom is -0.337 e. The molecule has 2 nitrogen and oxygen atoms in total. The zero-order valence-corrected chi connectivity index (χ0v) is 10.9. The van der Waals surface area contributed by atoms with E-state index in [0.29, 0.717) is 0 Å². The van der Waals surface area contributed by atoms with E-state index in [4.69, 9.17) is 12.8 Å². The molecule has 0 saturated heterocycles. The Morgan fingerprint density at radius 2 is 1.71 bits per heavy atom. The van der Waals surface area contributed by atoms with E-state index in [2.05, 4.69) is 31.5 Å². The zero-order valence-electron chi connectivity index (χ0n) is 10.9. The first kappa shape index (κ1) is 12.0. The van der Waals surface area contributed by atoms with Crippen LogP contribution >= 0.6 is 0 Å². The molecular weight excluding hydrogens is 207 g/mol. The summed E-state index contributed by atoms with van der Waals surface area (Å²) in [7, 11) is 7.72. The minimum atomic E-state index is 0.0564. The van der Waals surface area contributed by atoms with Crippen LogP contribution in [0.5, 0.6) is 0 Å². The Morgan fingerprint density at radius 1 is 1.12 bits per heavy atom. The Bertz CT molecular complexity index is 518. The number of aryl methyl sites for hydroxylation is 1. The van der Waals surface area contributed by atoms with Gasteiger partial charge in [-0.1, -0.05) is 50.5 Å². The van der Waals surface area contributed by atoms with Gasteiger partial charge in [-0.05, 0) is 0 Å². The molecule has 0 saturated carbocycles. The Hall–Kier alpha value is -1.51. The molecule has 2 radical (unpaired) electrons. The van der Waals surface area contributed by atoms with Crippen LogP contribution in [0.15, 0.2) is 30.5 Å². The number of imidazole rings is 1. The summed E-state index contributed by atoms with van der Waals surface area (Å²) in [4.78, 5) is 4.70. The Morgan fingerprint density at radius 3 is 2.18 bits per heavy atom. The maximum Gasteiger partial charge on any atom is 0.114 e. The number of aromatic nitrogens is 2. The van der Waals surface area contributed by atoms with Gasteiger partial charge in [0.05, 0.1) is 5.69 Å². The standard InChI is InChI=1S/C14H17BN2/c1-14(2,3)13-16-12(9-17(13)4)10-5-7-11(15)8-6-10/h5-9H,1-4H3. The molecule has 0 fully saturated rings. The van der Waals surface area contributed by atoms with Crippen molar-refractivity contribution in [3.05, 3.63) is 36.3 Å². The predicted octanol–water partition coefficient (Wildman–Crippen LogP) is 2.18. The summed E-state index contributed by atoms with van der Waals surface area (Å²) in [6.45, 7) is 6.51. The van der Waals surface area contributed by atoms with E-state index < -0.39 is 0 Å². The second kappa shape index (κ2) is 4.06. The lowest BCUT2D eigenvalue weighted by Gasteiger charge is -2.17. The van der Waals surface area contributed by atoms with Gasteiger partial charge in [0.15, 0.2) is 0 Å². The van der Waals surface area contributed by atoms with Gasteiger partial charge in [0.25, 0.3) is 0 Å². The highest BCUT2D eigenvalue weighted by Gasteiger charge is 2.20. The molecule has 1 aromatic heterocycles. The maximum absolute atomic E-state index is 5.68. The van der Waals surface area contributed by atoms with Crippen LogP contribution in [0.25, 0.3) is 11.3 Å². The van der Waals surface area contributed by atoms with Crippen LogP contribution in [0.1, 0.15) is 26.6 Å². The van der Waals surface area contributed by atoms with Gasteiger partial charge >= 0.3 is 0 Å². The van der Waals surface area contributed by atoms with Crippen molar-refractivity contribution < 1.29 is 0 Å². The van der Waals surface area contributed by atoms with Crippen molar-refractivity contribution >= 4 is 13.3 Å². The molecule has 0 amide bonds. The molecule has 0 aliphatic rings. The second-order valence-corrected chi connectivity index (χ2v) is 5.43. The van der Waals surface area contributed by atoms with Crippen molar-refractivity contribution in [1.82, 2.24) is 9.55 Å². The Kier molecular flexibility index (Phi) is 2.86. The molecule has 0 bridgehead atoms. The van der Waals surface area contributed by atoms with Crippen LogP contribution < -0.4 is 5.46 Å². The molecule has 0 atom stereocenters. The van der Waals surface area contributed by atoms with Crippen molar-refractivity contribution in [3.8, 4) is 11.3 Å². The van der Waals surface area contributed by atoms with Gasteiger partial charge in [0, 0.05) is 24.2 Å². The van der Waals surface area contributed by atoms with E-state index in [-0.39, 0.29) is 5.41 Å². The largest absolute Gasteiger partial charge is 0.337 e. The van der Waals surface area contributed by atoms with Crippen molar-refractivity contribution in [1.29, 1.82) is 0 Å². The van der Waals surface area contributed by atoms with Gasteiger partial charge in [-0.25, -0.2) is 4.98 Å². The molecule has 1 heterocycles. The number of hydrogen-bond donors (Lipinski definition) is 0. The molecular formula is C14H17BN2. The average Bonchev–Trinajstić information content (AvgIpc) is 2.61. The van der Waals surface area contributed by atoms with Crippen LogP contribution in [-0.4, -0.2) is 17.4 Å². The molecule has 0 unspecified atom stereocenters. The highest BCUT2D eigenvalue weighted by molar-refractivity contribution is 6.32. The van der Waals surface area contributed by atoms with Crippen molar-refractivity contribution in [2.24, 2.45) is 7.05 Å². The van der Waals surface area contributed by atoms with Crippen LogP contribution in [0, 0.1) is 0 Å². The van der Waals surface area contributed by atoms with Gasteiger partial charge in [-0.3, -0.25) is 0 Å². The van der Waals surface area contributed by atoms with Gasteiger partial charge < -0.3 is 4.57 Å². The highest BCUT2D eigenvalue weighted by atomic mass is 15.1. The van der Waals surface area contributed by atoms with E-state index in [1.54, 1.807) is 0 Å². The van der Waals surface area contributed by atoms with Gasteiger partial charge in [0.1, 0.15) is 13.7 Å². The molecule has 0 N–H and O–H groups in total. The SMILES string of the molecule is [B]c1ccc(-c2cn(C)c(C(C)(C)C)n2)cc1. The molecule has 2 rings (SSSR count). The smallest absolute Gasteiger partial charge is 0.114 e. The van der Waals surface area contributed by atoms with E-state index in [0.717, 1.165) is 22.5 Å². The molecule has 0 aliphatic heterocycles. The molecule has 86 valence electrons. The molecule has 17 heavy (non-hydrogen) atoms. The lowest BCUT2D eigenvalue weighted by molar-refractivity contribution is 0.523. The number of nitrogens with zero attached hydrogens (tertiary/aromatic N) is 2. The lowest BCUT2D eigenvalue weighted by Crippen LogP contribution is -2.17. The Balaban J connectivity index is 2.45. The predicted molar refractivity (Wildman–Crippen MR) is 72.7 cm³/mol. The fraction of sp³-hybridized carbons (Fsp3) is 0.357. The van der Waals surface area contributed by atoms with E-state index in [9.17, 15) is 0 Å². The van der Waals surface area contributed by atoms with Crippen LogP contribution in [0.2, 0.25) is 0 Å². The maximum atomic E-state index is 5.68. The van der Waals surface area contributed by atoms with Gasteiger partial charge in [0.2, 0.25) is 0 Å². The van der Waals surface area contributed by atoms with Crippen molar-refractivity contribution in [2.45, 2.75) is 26.2 Å². The number of benzene rings is 1. The second-order valence-electron chi connectivity index (χ2n) is 5.43. The van der Waals surface area contributed by atoms with E-state index in [1.165, 1.54) is 0 Å². The van der Waals surface area contributed by atoms with Gasteiger partial charge in [-0.15, -0.1) is 0 Å². The van der Waals surface area contributed by atoms with E-state index in [1.807, 2.05) is 31.3 Å². The molecule has 0 aliphatic carbocycles. The molecule has 0 spiro atoms. The Labute approximate surface area is 104 Å². The summed E-state index contributed by atoms with van der Waals surface area (Å²) in [6.07, 6.45) is 2.06. The normalized spacial score (nSPS) is 11.8. The molecule has 2 aromatic rings. The van der Waals surface area contributed by atoms with Crippen LogP contribution in [0.4, 0.5) is 0 Å². The number of hydrogen-bond acceptors (Lipinski definition) is 1. The third-order valence-electron chi connectivity index (χ3n) is 2.75. The topological polar surface area (TPSA) is 17.8 Å².